The molecule has 0 bridgehead atoms. The summed E-state index contributed by atoms with van der Waals surface area (Å²) in [5.74, 6) is 1.08. The van der Waals surface area contributed by atoms with Crippen LogP contribution in [0.25, 0.3) is 0 Å². The van der Waals surface area contributed by atoms with E-state index in [0.29, 0.717) is 12.8 Å². The van der Waals surface area contributed by atoms with Gasteiger partial charge in [0.2, 0.25) is 5.91 Å². The third-order valence-electron chi connectivity index (χ3n) is 4.72. The molecule has 0 saturated carbocycles. The molecule has 3 nitrogen and oxygen atoms in total. The highest BCUT2D eigenvalue weighted by atomic mass is 16.5. The average Bonchev–Trinajstić information content (AvgIpc) is 2.60. The van der Waals surface area contributed by atoms with E-state index in [1.54, 1.807) is 7.11 Å². The summed E-state index contributed by atoms with van der Waals surface area (Å²) in [6.45, 7) is 2.93. The molecule has 2 aromatic rings. The summed E-state index contributed by atoms with van der Waals surface area (Å²) in [7, 11) is 1.67. The first-order chi connectivity index (χ1) is 11.2. The van der Waals surface area contributed by atoms with E-state index in [4.69, 9.17) is 4.74 Å². The van der Waals surface area contributed by atoms with E-state index < -0.39 is 0 Å². The third kappa shape index (κ3) is 3.24. The highest BCUT2D eigenvalue weighted by Crippen LogP contribution is 2.30. The van der Waals surface area contributed by atoms with Crippen molar-refractivity contribution in [1.82, 2.24) is 4.90 Å². The maximum absolute atomic E-state index is 12.7. The molecule has 0 aromatic heterocycles. The van der Waals surface area contributed by atoms with Gasteiger partial charge in [0.15, 0.2) is 0 Å². The van der Waals surface area contributed by atoms with Gasteiger partial charge in [-0.2, -0.15) is 0 Å². The van der Waals surface area contributed by atoms with Gasteiger partial charge in [-0.25, -0.2) is 0 Å². The molecule has 23 heavy (non-hydrogen) atoms. The molecular formula is C20H23NO2. The van der Waals surface area contributed by atoms with Gasteiger partial charge >= 0.3 is 0 Å². The van der Waals surface area contributed by atoms with Crippen LogP contribution in [0.4, 0.5) is 0 Å². The Hall–Kier alpha value is -2.29. The topological polar surface area (TPSA) is 29.5 Å². The first-order valence-electron chi connectivity index (χ1n) is 8.20. The molecule has 3 heteroatoms. The number of ether oxygens (including phenoxy) is 1. The van der Waals surface area contributed by atoms with Crippen molar-refractivity contribution in [3.8, 4) is 5.75 Å². The van der Waals surface area contributed by atoms with Crippen LogP contribution in [-0.4, -0.2) is 24.5 Å². The molecule has 0 N–H and O–H groups in total. The van der Waals surface area contributed by atoms with Crippen molar-refractivity contribution >= 4 is 5.91 Å². The molecule has 1 atom stereocenters. The van der Waals surface area contributed by atoms with E-state index in [9.17, 15) is 4.79 Å². The van der Waals surface area contributed by atoms with Gasteiger partial charge in [0, 0.05) is 13.0 Å². The van der Waals surface area contributed by atoms with E-state index in [-0.39, 0.29) is 11.9 Å². The van der Waals surface area contributed by atoms with Crippen LogP contribution in [-0.2, 0) is 17.6 Å². The maximum Gasteiger partial charge on any atom is 0.223 e. The molecule has 3 rings (SSSR count). The fourth-order valence-corrected chi connectivity index (χ4v) is 3.41. The van der Waals surface area contributed by atoms with Crippen LogP contribution in [0.5, 0.6) is 5.75 Å². The quantitative estimate of drug-likeness (QED) is 0.860. The molecule has 0 radical (unpaired) electrons. The Labute approximate surface area is 137 Å². The van der Waals surface area contributed by atoms with Crippen LogP contribution < -0.4 is 4.74 Å². The van der Waals surface area contributed by atoms with Gasteiger partial charge < -0.3 is 9.64 Å². The highest BCUT2D eigenvalue weighted by Gasteiger charge is 2.26. The summed E-state index contributed by atoms with van der Waals surface area (Å²) in [4.78, 5) is 14.7. The van der Waals surface area contributed by atoms with Gasteiger partial charge in [-0.3, -0.25) is 4.79 Å². The summed E-state index contributed by atoms with van der Waals surface area (Å²) in [6, 6.07) is 16.5. The standard InChI is InChI=1S/C20H23NO2/c1-15-18-9-5-3-7-16(18)13-14-21(15)20(22)12-11-17-8-4-6-10-19(17)23-2/h3-10,15H,11-14H2,1-2H3/t15-/m1/s1. The van der Waals surface area contributed by atoms with Gasteiger partial charge in [0.1, 0.15) is 5.75 Å². The number of aryl methyl sites for hydroxylation is 1. The van der Waals surface area contributed by atoms with Crippen LogP contribution in [0.1, 0.15) is 36.1 Å². The lowest BCUT2D eigenvalue weighted by atomic mass is 9.93. The van der Waals surface area contributed by atoms with Crippen LogP contribution in [0.3, 0.4) is 0 Å². The molecule has 0 spiro atoms. The second-order valence-corrected chi connectivity index (χ2v) is 6.02. The fraction of sp³-hybridized carbons (Fsp3) is 0.350. The Morgan fingerprint density at radius 2 is 1.91 bits per heavy atom. The monoisotopic (exact) mass is 309 g/mol. The summed E-state index contributed by atoms with van der Waals surface area (Å²) >= 11 is 0. The van der Waals surface area contributed by atoms with Crippen LogP contribution in [0.15, 0.2) is 48.5 Å². The molecule has 1 amide bonds. The second kappa shape index (κ2) is 6.86. The number of benzene rings is 2. The predicted molar refractivity (Wildman–Crippen MR) is 91.6 cm³/mol. The normalized spacial score (nSPS) is 16.8. The van der Waals surface area contributed by atoms with Crippen molar-refractivity contribution in [2.45, 2.75) is 32.2 Å². The molecule has 1 aliphatic heterocycles. The Morgan fingerprint density at radius 1 is 1.17 bits per heavy atom. The molecule has 1 aliphatic rings. The largest absolute Gasteiger partial charge is 0.496 e. The number of methoxy groups -OCH3 is 1. The van der Waals surface area contributed by atoms with E-state index in [1.165, 1.54) is 11.1 Å². The molecule has 2 aromatic carbocycles. The number of hydrogen-bond donors (Lipinski definition) is 0. The van der Waals surface area contributed by atoms with Crippen molar-refractivity contribution in [3.05, 3.63) is 65.2 Å². The molecular weight excluding hydrogens is 286 g/mol. The Bertz CT molecular complexity index is 696. The van der Waals surface area contributed by atoms with Gasteiger partial charge in [-0.15, -0.1) is 0 Å². The molecule has 1 heterocycles. The van der Waals surface area contributed by atoms with Crippen molar-refractivity contribution in [1.29, 1.82) is 0 Å². The number of para-hydroxylation sites is 1. The molecule has 120 valence electrons. The Morgan fingerprint density at radius 3 is 2.74 bits per heavy atom. The SMILES string of the molecule is COc1ccccc1CCC(=O)N1CCc2ccccc2[C@H]1C. The number of carbonyl (C=O) groups is 1. The van der Waals surface area contributed by atoms with E-state index in [2.05, 4.69) is 31.2 Å². The van der Waals surface area contributed by atoms with E-state index in [0.717, 1.165) is 24.3 Å². The zero-order chi connectivity index (χ0) is 16.2. The summed E-state index contributed by atoms with van der Waals surface area (Å²) < 4.78 is 5.37. The van der Waals surface area contributed by atoms with Gasteiger partial charge in [-0.05, 0) is 42.5 Å². The average molecular weight is 309 g/mol. The van der Waals surface area contributed by atoms with Crippen molar-refractivity contribution in [2.24, 2.45) is 0 Å². The minimum Gasteiger partial charge on any atom is -0.496 e. The zero-order valence-corrected chi connectivity index (χ0v) is 13.8. The van der Waals surface area contributed by atoms with Crippen LogP contribution in [0, 0.1) is 0 Å². The van der Waals surface area contributed by atoms with Crippen molar-refractivity contribution in [3.63, 3.8) is 0 Å². The second-order valence-electron chi connectivity index (χ2n) is 6.02. The van der Waals surface area contributed by atoms with E-state index >= 15 is 0 Å². The lowest BCUT2D eigenvalue weighted by Gasteiger charge is -2.35. The minimum atomic E-state index is 0.158. The number of amides is 1. The third-order valence-corrected chi connectivity index (χ3v) is 4.72. The van der Waals surface area contributed by atoms with Crippen molar-refractivity contribution < 1.29 is 9.53 Å². The summed E-state index contributed by atoms with van der Waals surface area (Å²) in [6.07, 6.45) is 2.18. The van der Waals surface area contributed by atoms with Gasteiger partial charge in [0.25, 0.3) is 0 Å². The lowest BCUT2D eigenvalue weighted by Crippen LogP contribution is -2.38. The highest BCUT2D eigenvalue weighted by molar-refractivity contribution is 5.77. The number of fused-ring (bicyclic) bond motifs is 1. The minimum absolute atomic E-state index is 0.158. The van der Waals surface area contributed by atoms with Crippen molar-refractivity contribution in [2.75, 3.05) is 13.7 Å². The number of carbonyl (C=O) groups excluding carboxylic acids is 1. The number of rotatable bonds is 4. The van der Waals surface area contributed by atoms with E-state index in [1.807, 2.05) is 29.2 Å². The zero-order valence-electron chi connectivity index (χ0n) is 13.8. The van der Waals surface area contributed by atoms with Gasteiger partial charge in [-0.1, -0.05) is 42.5 Å². The van der Waals surface area contributed by atoms with Crippen LogP contribution in [0.2, 0.25) is 0 Å². The first-order valence-corrected chi connectivity index (χ1v) is 8.20. The first kappa shape index (κ1) is 15.6. The Balaban J connectivity index is 1.67. The summed E-state index contributed by atoms with van der Waals surface area (Å²) in [5.41, 5.74) is 3.74. The van der Waals surface area contributed by atoms with Crippen LogP contribution >= 0.6 is 0 Å². The number of hydrogen-bond acceptors (Lipinski definition) is 2. The fourth-order valence-electron chi connectivity index (χ4n) is 3.41. The Kier molecular flexibility index (Phi) is 4.65. The summed E-state index contributed by atoms with van der Waals surface area (Å²) in [5, 5.41) is 0. The number of nitrogens with zero attached hydrogens (tertiary/aromatic N) is 1. The lowest BCUT2D eigenvalue weighted by molar-refractivity contribution is -0.133. The smallest absolute Gasteiger partial charge is 0.223 e. The molecule has 0 fully saturated rings. The molecule has 0 aliphatic carbocycles. The molecule has 0 saturated heterocycles. The predicted octanol–water partition coefficient (Wildman–Crippen LogP) is 3.77. The molecule has 0 unspecified atom stereocenters. The van der Waals surface area contributed by atoms with Gasteiger partial charge in [0.05, 0.1) is 13.2 Å². The maximum atomic E-state index is 12.7.